The van der Waals surface area contributed by atoms with Crippen LogP contribution in [-0.2, 0) is 9.53 Å². The summed E-state index contributed by atoms with van der Waals surface area (Å²) in [5.41, 5.74) is 0.992. The Bertz CT molecular complexity index is 391. The van der Waals surface area contributed by atoms with E-state index in [9.17, 15) is 4.79 Å². The van der Waals surface area contributed by atoms with Gasteiger partial charge in [0.2, 0.25) is 0 Å². The van der Waals surface area contributed by atoms with E-state index in [1.165, 1.54) is 19.3 Å². The fraction of sp³-hybridized carbons (Fsp3) is 0.562. The van der Waals surface area contributed by atoms with Crippen LogP contribution in [0.2, 0.25) is 0 Å². The van der Waals surface area contributed by atoms with Crippen LogP contribution in [0.1, 0.15) is 50.6 Å². The fourth-order valence-electron chi connectivity index (χ4n) is 2.68. The lowest BCUT2D eigenvalue weighted by Crippen LogP contribution is -2.39. The highest BCUT2D eigenvalue weighted by atomic mass is 35.5. The summed E-state index contributed by atoms with van der Waals surface area (Å²) in [6.07, 6.45) is 6.13. The molecule has 2 rings (SSSR count). The zero-order valence-corrected chi connectivity index (χ0v) is 12.8. The molecule has 0 bridgehead atoms. The van der Waals surface area contributed by atoms with Gasteiger partial charge in [-0.2, -0.15) is 0 Å². The van der Waals surface area contributed by atoms with E-state index in [0.717, 1.165) is 18.4 Å². The van der Waals surface area contributed by atoms with Gasteiger partial charge in [0, 0.05) is 6.04 Å². The number of hydrogen-bond acceptors (Lipinski definition) is 3. The number of rotatable bonds is 5. The number of carbonyl (C=O) groups is 1. The number of halogens is 1. The Morgan fingerprint density at radius 1 is 1.25 bits per heavy atom. The van der Waals surface area contributed by atoms with E-state index in [2.05, 4.69) is 5.32 Å². The number of benzene rings is 1. The van der Waals surface area contributed by atoms with Gasteiger partial charge in [-0.15, -0.1) is 12.4 Å². The smallest absolute Gasteiger partial charge is 0.327 e. The molecule has 1 aliphatic carbocycles. The van der Waals surface area contributed by atoms with Crippen LogP contribution >= 0.6 is 12.4 Å². The molecule has 1 aliphatic rings. The molecule has 0 amide bonds. The van der Waals surface area contributed by atoms with Crippen molar-refractivity contribution in [3.8, 4) is 0 Å². The van der Waals surface area contributed by atoms with Gasteiger partial charge in [-0.25, -0.2) is 4.79 Å². The van der Waals surface area contributed by atoms with Gasteiger partial charge in [0.1, 0.15) is 6.04 Å². The minimum absolute atomic E-state index is 0. The van der Waals surface area contributed by atoms with Gasteiger partial charge in [-0.1, -0.05) is 49.6 Å². The molecule has 0 saturated heterocycles. The summed E-state index contributed by atoms with van der Waals surface area (Å²) in [4.78, 5) is 12.1. The van der Waals surface area contributed by atoms with Crippen molar-refractivity contribution in [2.24, 2.45) is 0 Å². The van der Waals surface area contributed by atoms with Crippen molar-refractivity contribution >= 4 is 18.4 Å². The number of hydrogen-bond donors (Lipinski definition) is 1. The predicted octanol–water partition coefficient (Wildman–Crippen LogP) is 3.63. The van der Waals surface area contributed by atoms with Gasteiger partial charge in [0.25, 0.3) is 0 Å². The van der Waals surface area contributed by atoms with Crippen LogP contribution < -0.4 is 5.32 Å². The molecule has 0 aliphatic heterocycles. The highest BCUT2D eigenvalue weighted by molar-refractivity contribution is 5.85. The first-order chi connectivity index (χ1) is 9.31. The Kier molecular flexibility index (Phi) is 7.63. The van der Waals surface area contributed by atoms with Crippen LogP contribution in [0.15, 0.2) is 30.3 Å². The Morgan fingerprint density at radius 3 is 2.50 bits per heavy atom. The van der Waals surface area contributed by atoms with Crippen LogP contribution in [0.4, 0.5) is 0 Å². The highest BCUT2D eigenvalue weighted by Crippen LogP contribution is 2.22. The molecule has 3 nitrogen and oxygen atoms in total. The molecule has 0 aromatic heterocycles. The molecule has 20 heavy (non-hydrogen) atoms. The van der Waals surface area contributed by atoms with Crippen molar-refractivity contribution in [2.75, 3.05) is 6.61 Å². The number of ether oxygens (including phenoxy) is 1. The maximum Gasteiger partial charge on any atom is 0.327 e. The molecule has 4 heteroatoms. The van der Waals surface area contributed by atoms with E-state index in [4.69, 9.17) is 4.74 Å². The first-order valence-electron chi connectivity index (χ1n) is 7.29. The predicted molar refractivity (Wildman–Crippen MR) is 83.1 cm³/mol. The van der Waals surface area contributed by atoms with E-state index in [1.54, 1.807) is 0 Å². The molecular weight excluding hydrogens is 274 g/mol. The van der Waals surface area contributed by atoms with Gasteiger partial charge in [0.15, 0.2) is 0 Å². The van der Waals surface area contributed by atoms with Gasteiger partial charge in [0.05, 0.1) is 6.61 Å². The van der Waals surface area contributed by atoms with Crippen LogP contribution in [0.5, 0.6) is 0 Å². The first-order valence-corrected chi connectivity index (χ1v) is 7.29. The largest absolute Gasteiger partial charge is 0.465 e. The molecular formula is C16H24ClNO2. The van der Waals surface area contributed by atoms with E-state index in [-0.39, 0.29) is 24.4 Å². The lowest BCUT2D eigenvalue weighted by Gasteiger charge is -2.27. The maximum atomic E-state index is 12.1. The molecule has 1 N–H and O–H groups in total. The Morgan fingerprint density at radius 2 is 1.90 bits per heavy atom. The van der Waals surface area contributed by atoms with Crippen molar-refractivity contribution in [1.82, 2.24) is 5.32 Å². The maximum absolute atomic E-state index is 12.1. The monoisotopic (exact) mass is 297 g/mol. The minimum atomic E-state index is -0.329. The topological polar surface area (TPSA) is 38.3 Å². The number of carbonyl (C=O) groups excluding carboxylic acids is 1. The summed E-state index contributed by atoms with van der Waals surface area (Å²) in [6.45, 7) is 2.27. The zero-order chi connectivity index (χ0) is 13.5. The Hall–Kier alpha value is -1.06. The van der Waals surface area contributed by atoms with Gasteiger partial charge < -0.3 is 4.74 Å². The van der Waals surface area contributed by atoms with Crippen LogP contribution in [-0.4, -0.2) is 18.6 Å². The van der Waals surface area contributed by atoms with Crippen LogP contribution in [0, 0.1) is 0 Å². The molecule has 1 atom stereocenters. The first kappa shape index (κ1) is 17.0. The van der Waals surface area contributed by atoms with Gasteiger partial charge in [-0.3, -0.25) is 5.32 Å². The average Bonchev–Trinajstić information content (AvgIpc) is 2.47. The van der Waals surface area contributed by atoms with Crippen molar-refractivity contribution in [2.45, 2.75) is 51.1 Å². The van der Waals surface area contributed by atoms with Crippen molar-refractivity contribution in [1.29, 1.82) is 0 Å². The summed E-state index contributed by atoms with van der Waals surface area (Å²) in [5.74, 6) is -0.167. The lowest BCUT2D eigenvalue weighted by molar-refractivity contribution is -0.146. The van der Waals surface area contributed by atoms with E-state index in [1.807, 2.05) is 37.3 Å². The Balaban J connectivity index is 0.00000200. The van der Waals surface area contributed by atoms with Crippen molar-refractivity contribution in [3.63, 3.8) is 0 Å². The van der Waals surface area contributed by atoms with E-state index in [0.29, 0.717) is 12.6 Å². The molecule has 1 unspecified atom stereocenters. The second kappa shape index (κ2) is 8.98. The number of esters is 1. The highest BCUT2D eigenvalue weighted by Gasteiger charge is 2.25. The zero-order valence-electron chi connectivity index (χ0n) is 12.0. The van der Waals surface area contributed by atoms with Gasteiger partial charge >= 0.3 is 5.97 Å². The molecule has 1 fully saturated rings. The van der Waals surface area contributed by atoms with Crippen LogP contribution in [0.3, 0.4) is 0 Å². The second-order valence-electron chi connectivity index (χ2n) is 5.10. The fourth-order valence-corrected chi connectivity index (χ4v) is 2.68. The SMILES string of the molecule is CCOC(=O)C(NC1CCCCC1)c1ccccc1.Cl. The second-order valence-corrected chi connectivity index (χ2v) is 5.10. The third-order valence-electron chi connectivity index (χ3n) is 3.66. The molecule has 0 heterocycles. The summed E-state index contributed by atoms with van der Waals surface area (Å²) in [5, 5.41) is 3.48. The summed E-state index contributed by atoms with van der Waals surface area (Å²) in [7, 11) is 0. The number of nitrogens with one attached hydrogen (secondary N) is 1. The van der Waals surface area contributed by atoms with E-state index >= 15 is 0 Å². The molecule has 0 radical (unpaired) electrons. The standard InChI is InChI=1S/C16H23NO2.ClH/c1-2-19-16(18)15(13-9-5-3-6-10-13)17-14-11-7-4-8-12-14;/h3,5-6,9-10,14-15,17H,2,4,7-8,11-12H2,1H3;1H. The summed E-state index contributed by atoms with van der Waals surface area (Å²) in [6, 6.07) is 9.96. The summed E-state index contributed by atoms with van der Waals surface area (Å²) >= 11 is 0. The summed E-state index contributed by atoms with van der Waals surface area (Å²) < 4.78 is 5.20. The normalized spacial score (nSPS) is 17.1. The van der Waals surface area contributed by atoms with Crippen molar-refractivity contribution < 1.29 is 9.53 Å². The third-order valence-corrected chi connectivity index (χ3v) is 3.66. The molecule has 112 valence electrons. The average molecular weight is 298 g/mol. The lowest BCUT2D eigenvalue weighted by atomic mass is 9.94. The van der Waals surface area contributed by atoms with E-state index < -0.39 is 0 Å². The molecule has 1 aromatic rings. The van der Waals surface area contributed by atoms with Gasteiger partial charge in [-0.05, 0) is 25.3 Å². The molecule has 0 spiro atoms. The quantitative estimate of drug-likeness (QED) is 0.843. The van der Waals surface area contributed by atoms with Crippen LogP contribution in [0.25, 0.3) is 0 Å². The molecule has 1 aromatic carbocycles. The third kappa shape index (κ3) is 4.80. The molecule has 1 saturated carbocycles. The minimum Gasteiger partial charge on any atom is -0.465 e. The van der Waals surface area contributed by atoms with Crippen molar-refractivity contribution in [3.05, 3.63) is 35.9 Å². The Labute approximate surface area is 127 Å².